The Labute approximate surface area is 174 Å². The molecule has 1 rings (SSSR count). The largest absolute Gasteiger partial charge is 0.481 e. The third kappa shape index (κ3) is 19.8. The zero-order valence-corrected chi connectivity index (χ0v) is 16.7. The number of aliphatic hydroxyl groups is 2. The summed E-state index contributed by atoms with van der Waals surface area (Å²) in [5.74, 6) is -3.73. The van der Waals surface area contributed by atoms with E-state index in [2.05, 4.69) is 0 Å². The molecule has 0 saturated carbocycles. The molecule has 0 amide bonds. The van der Waals surface area contributed by atoms with Gasteiger partial charge in [-0.1, -0.05) is 31.7 Å². The molecule has 0 saturated heterocycles. The molecule has 10 nitrogen and oxygen atoms in total. The number of hydrogen-bond donors (Lipinski definition) is 6. The molecule has 0 radical (unpaired) electrons. The molecule has 0 unspecified atom stereocenters. The molecule has 0 aliphatic carbocycles. The monoisotopic (exact) mass is 430 g/mol. The van der Waals surface area contributed by atoms with Crippen molar-refractivity contribution in [1.82, 2.24) is 0 Å². The molecule has 0 aromatic heterocycles. The first-order valence-electron chi connectivity index (χ1n) is 9.37. The predicted molar refractivity (Wildman–Crippen MR) is 107 cm³/mol. The molecule has 0 fully saturated rings. The van der Waals surface area contributed by atoms with Crippen molar-refractivity contribution in [3.63, 3.8) is 0 Å². The summed E-state index contributed by atoms with van der Waals surface area (Å²) < 4.78 is 0. The number of aliphatic carboxylic acids is 2. The van der Waals surface area contributed by atoms with Gasteiger partial charge in [0.05, 0.1) is 24.3 Å². The van der Waals surface area contributed by atoms with Gasteiger partial charge >= 0.3 is 23.9 Å². The Morgan fingerprint density at radius 1 is 0.600 bits per heavy atom. The molecule has 0 bridgehead atoms. The smallest absolute Gasteiger partial charge is 0.335 e. The average molecular weight is 430 g/mol. The Morgan fingerprint density at radius 2 is 0.933 bits per heavy atom. The molecule has 30 heavy (non-hydrogen) atoms. The molecular weight excluding hydrogens is 400 g/mol. The van der Waals surface area contributed by atoms with Gasteiger partial charge in [-0.25, -0.2) is 9.59 Å². The van der Waals surface area contributed by atoms with Gasteiger partial charge in [-0.05, 0) is 31.0 Å². The van der Waals surface area contributed by atoms with Crippen LogP contribution in [0.1, 0.15) is 72.1 Å². The lowest BCUT2D eigenvalue weighted by Gasteiger charge is -1.98. The SMILES string of the molecule is O=C(O)CCCCCCCCC(=O)O.O=C(O)c1cccc(C(=O)O)c1.OCCO. The highest BCUT2D eigenvalue weighted by atomic mass is 16.4. The van der Waals surface area contributed by atoms with Gasteiger partial charge in [-0.15, -0.1) is 0 Å². The molecule has 1 aromatic carbocycles. The van der Waals surface area contributed by atoms with Crippen LogP contribution in [0, 0.1) is 0 Å². The van der Waals surface area contributed by atoms with Gasteiger partial charge in [0.15, 0.2) is 0 Å². The fraction of sp³-hybridized carbons (Fsp3) is 0.500. The third-order valence-corrected chi connectivity index (χ3v) is 3.49. The number of carbonyl (C=O) groups is 4. The number of rotatable bonds is 12. The number of carboxylic acid groups (broad SMARTS) is 4. The molecule has 6 N–H and O–H groups in total. The van der Waals surface area contributed by atoms with Crippen molar-refractivity contribution in [2.75, 3.05) is 13.2 Å². The second kappa shape index (κ2) is 19.3. The fourth-order valence-corrected chi connectivity index (χ4v) is 2.04. The van der Waals surface area contributed by atoms with Crippen molar-refractivity contribution in [3.05, 3.63) is 35.4 Å². The van der Waals surface area contributed by atoms with Crippen LogP contribution in [-0.2, 0) is 9.59 Å². The van der Waals surface area contributed by atoms with E-state index in [1.54, 1.807) is 0 Å². The van der Waals surface area contributed by atoms with Crippen LogP contribution < -0.4 is 0 Å². The molecule has 1 aromatic rings. The Hall–Kier alpha value is -2.98. The summed E-state index contributed by atoms with van der Waals surface area (Å²) in [7, 11) is 0. The first-order chi connectivity index (χ1) is 14.1. The van der Waals surface area contributed by atoms with Crippen molar-refractivity contribution in [3.8, 4) is 0 Å². The van der Waals surface area contributed by atoms with E-state index in [0.717, 1.165) is 44.6 Å². The standard InChI is InChI=1S/C10H18O4.C8H6O4.C2H6O2/c11-9(12)7-5-3-1-2-4-6-8-10(13)14;9-7(10)5-2-1-3-6(4-5)8(11)12;3-1-2-4/h1-8H2,(H,11,12)(H,13,14);1-4H,(H,9,10)(H,11,12);3-4H,1-2H2. The first kappa shape index (κ1) is 29.2. The van der Waals surface area contributed by atoms with E-state index in [0.29, 0.717) is 0 Å². The van der Waals surface area contributed by atoms with Gasteiger partial charge in [0.2, 0.25) is 0 Å². The fourth-order valence-electron chi connectivity index (χ4n) is 2.04. The van der Waals surface area contributed by atoms with Gasteiger partial charge in [-0.2, -0.15) is 0 Å². The summed E-state index contributed by atoms with van der Waals surface area (Å²) in [6.45, 7) is -0.250. The molecule has 0 atom stereocenters. The van der Waals surface area contributed by atoms with Crippen LogP contribution in [0.5, 0.6) is 0 Å². The minimum absolute atomic E-state index is 0.0186. The number of aliphatic hydroxyl groups excluding tert-OH is 2. The summed E-state index contributed by atoms with van der Waals surface area (Å²) >= 11 is 0. The summed E-state index contributed by atoms with van der Waals surface area (Å²) in [4.78, 5) is 41.1. The summed E-state index contributed by atoms with van der Waals surface area (Å²) in [6.07, 6.45) is 5.82. The van der Waals surface area contributed by atoms with Gasteiger partial charge in [-0.3, -0.25) is 9.59 Å². The summed E-state index contributed by atoms with van der Waals surface area (Å²) in [5.41, 5.74) is -0.0372. The van der Waals surface area contributed by atoms with Crippen LogP contribution in [0.4, 0.5) is 0 Å². The lowest BCUT2D eigenvalue weighted by Crippen LogP contribution is -2.01. The van der Waals surface area contributed by atoms with E-state index < -0.39 is 23.9 Å². The topological polar surface area (TPSA) is 190 Å². The third-order valence-electron chi connectivity index (χ3n) is 3.49. The molecule has 170 valence electrons. The Balaban J connectivity index is 0. The lowest BCUT2D eigenvalue weighted by atomic mass is 10.1. The van der Waals surface area contributed by atoms with Crippen molar-refractivity contribution in [2.45, 2.75) is 51.4 Å². The maximum absolute atomic E-state index is 10.4. The van der Waals surface area contributed by atoms with Crippen molar-refractivity contribution in [1.29, 1.82) is 0 Å². The highest BCUT2D eigenvalue weighted by molar-refractivity contribution is 5.93. The molecule has 0 aliphatic heterocycles. The van der Waals surface area contributed by atoms with Crippen LogP contribution in [-0.4, -0.2) is 67.7 Å². The van der Waals surface area contributed by atoms with E-state index in [9.17, 15) is 19.2 Å². The quantitative estimate of drug-likeness (QED) is 0.268. The molecule has 0 heterocycles. The first-order valence-corrected chi connectivity index (χ1v) is 9.37. The lowest BCUT2D eigenvalue weighted by molar-refractivity contribution is -0.138. The number of hydrogen-bond acceptors (Lipinski definition) is 6. The highest BCUT2D eigenvalue weighted by Crippen LogP contribution is 2.08. The maximum atomic E-state index is 10.4. The van der Waals surface area contributed by atoms with E-state index in [4.69, 9.17) is 30.6 Å². The van der Waals surface area contributed by atoms with Gasteiger partial charge in [0.25, 0.3) is 0 Å². The molecular formula is C20H30O10. The van der Waals surface area contributed by atoms with Gasteiger partial charge in [0.1, 0.15) is 0 Å². The van der Waals surface area contributed by atoms with Crippen molar-refractivity contribution >= 4 is 23.9 Å². The zero-order chi connectivity index (χ0) is 23.4. The number of carboxylic acids is 4. The van der Waals surface area contributed by atoms with Crippen LogP contribution >= 0.6 is 0 Å². The average Bonchev–Trinajstić information content (AvgIpc) is 2.70. The van der Waals surface area contributed by atoms with Crippen LogP contribution in [0.2, 0.25) is 0 Å². The van der Waals surface area contributed by atoms with E-state index in [-0.39, 0.29) is 37.2 Å². The molecule has 0 spiro atoms. The number of unbranched alkanes of at least 4 members (excludes halogenated alkanes) is 5. The Kier molecular flexibility index (Phi) is 18.8. The Morgan fingerprint density at radius 3 is 1.20 bits per heavy atom. The van der Waals surface area contributed by atoms with Crippen molar-refractivity contribution in [2.24, 2.45) is 0 Å². The van der Waals surface area contributed by atoms with E-state index in [1.165, 1.54) is 18.2 Å². The second-order valence-corrected chi connectivity index (χ2v) is 6.05. The minimum Gasteiger partial charge on any atom is -0.481 e. The van der Waals surface area contributed by atoms with E-state index >= 15 is 0 Å². The predicted octanol–water partition coefficient (Wildman–Crippen LogP) is 2.33. The number of aromatic carboxylic acids is 2. The van der Waals surface area contributed by atoms with Gasteiger partial charge < -0.3 is 30.6 Å². The summed E-state index contributed by atoms with van der Waals surface area (Å²) in [6, 6.07) is 5.20. The second-order valence-electron chi connectivity index (χ2n) is 6.05. The van der Waals surface area contributed by atoms with Crippen LogP contribution in [0.15, 0.2) is 24.3 Å². The number of benzene rings is 1. The molecule has 0 aliphatic rings. The van der Waals surface area contributed by atoms with E-state index in [1.807, 2.05) is 0 Å². The van der Waals surface area contributed by atoms with Gasteiger partial charge in [0, 0.05) is 12.8 Å². The normalized spacial score (nSPS) is 9.40. The van der Waals surface area contributed by atoms with Crippen molar-refractivity contribution < 1.29 is 49.8 Å². The van der Waals surface area contributed by atoms with Crippen LogP contribution in [0.3, 0.4) is 0 Å². The van der Waals surface area contributed by atoms with Crippen LogP contribution in [0.25, 0.3) is 0 Å². The minimum atomic E-state index is -1.13. The zero-order valence-electron chi connectivity index (χ0n) is 16.7. The molecule has 10 heteroatoms. The maximum Gasteiger partial charge on any atom is 0.335 e. The summed E-state index contributed by atoms with van der Waals surface area (Å²) in [5, 5.41) is 48.9. The Bertz CT molecular complexity index is 591. The highest BCUT2D eigenvalue weighted by Gasteiger charge is 2.06.